The Morgan fingerprint density at radius 1 is 1.37 bits per heavy atom. The quantitative estimate of drug-likeness (QED) is 0.470. The van der Waals surface area contributed by atoms with Crippen LogP contribution in [0, 0.1) is 0 Å². The minimum atomic E-state index is -3.56. The number of nitrogens with one attached hydrogen (secondary N) is 1. The molecular weight excluding hydrogens is 266 g/mol. The van der Waals surface area contributed by atoms with E-state index in [4.69, 9.17) is 5.84 Å². The number of hydrogen-bond donors (Lipinski definition) is 2. The zero-order valence-corrected chi connectivity index (χ0v) is 12.1. The normalized spacial score (nSPS) is 11.4. The van der Waals surface area contributed by atoms with Gasteiger partial charge < -0.3 is 0 Å². The lowest BCUT2D eigenvalue weighted by Gasteiger charge is -2.25. The Hall–Kier alpha value is -1.60. The molecule has 6 nitrogen and oxygen atoms in total. The van der Waals surface area contributed by atoms with Gasteiger partial charge in [-0.25, -0.2) is 14.3 Å². The molecule has 0 aliphatic rings. The lowest BCUT2D eigenvalue weighted by atomic mass is 10.0. The highest BCUT2D eigenvalue weighted by Crippen LogP contribution is 2.28. The fraction of sp³-hybridized carbons (Fsp3) is 0.417. The minimum Gasteiger partial charge on any atom is -0.293 e. The number of para-hydroxylation sites is 1. The van der Waals surface area contributed by atoms with Gasteiger partial charge >= 0.3 is 0 Å². The second-order valence-electron chi connectivity index (χ2n) is 4.55. The Bertz CT molecular complexity index is 555. The largest absolute Gasteiger partial charge is 0.293 e. The molecule has 0 saturated heterocycles. The molecule has 3 N–H and O–H groups in total. The summed E-state index contributed by atoms with van der Waals surface area (Å²) in [4.78, 5) is 11.4. The number of hydrazine groups is 1. The van der Waals surface area contributed by atoms with Crippen LogP contribution in [0.25, 0.3) is 0 Å². The van der Waals surface area contributed by atoms with E-state index >= 15 is 0 Å². The number of hydrogen-bond acceptors (Lipinski definition) is 4. The fourth-order valence-electron chi connectivity index (χ4n) is 1.76. The van der Waals surface area contributed by atoms with Crippen LogP contribution in [0.3, 0.4) is 0 Å². The summed E-state index contributed by atoms with van der Waals surface area (Å²) in [5, 5.41) is 0. The first kappa shape index (κ1) is 15.5. The van der Waals surface area contributed by atoms with Crippen LogP contribution in [-0.4, -0.2) is 27.1 Å². The van der Waals surface area contributed by atoms with Crippen molar-refractivity contribution in [2.45, 2.75) is 19.8 Å². The lowest BCUT2D eigenvalue weighted by Crippen LogP contribution is -2.43. The number of carbonyl (C=O) groups excluding carboxylic acids is 1. The molecule has 0 bridgehead atoms. The third-order valence-electron chi connectivity index (χ3n) is 2.68. The average Bonchev–Trinajstić information content (AvgIpc) is 2.34. The molecule has 0 radical (unpaired) electrons. The topological polar surface area (TPSA) is 92.5 Å². The summed E-state index contributed by atoms with van der Waals surface area (Å²) in [5.41, 5.74) is 3.30. The maximum Gasteiger partial charge on any atom is 0.254 e. The lowest BCUT2D eigenvalue weighted by molar-refractivity contribution is -0.119. The molecular formula is C12H19N3O3S. The van der Waals surface area contributed by atoms with Crippen LogP contribution in [0.1, 0.15) is 25.3 Å². The molecule has 0 atom stereocenters. The van der Waals surface area contributed by atoms with Crippen molar-refractivity contribution in [3.05, 3.63) is 29.8 Å². The number of carbonyl (C=O) groups is 1. The first-order valence-corrected chi connectivity index (χ1v) is 7.68. The summed E-state index contributed by atoms with van der Waals surface area (Å²) in [6.07, 6.45) is 1.06. The van der Waals surface area contributed by atoms with E-state index < -0.39 is 15.9 Å². The summed E-state index contributed by atoms with van der Waals surface area (Å²) in [6, 6.07) is 7.10. The standard InChI is InChI=1S/C12H19N3O3S/c1-9(2)10-6-4-5-7-11(10)15(19(3,17)18)8-12(16)14-13/h4-7,9H,8,13H2,1-3H3,(H,14,16). The molecule has 0 saturated carbocycles. The number of nitrogens with two attached hydrogens (primary N) is 1. The Morgan fingerprint density at radius 2 is 1.95 bits per heavy atom. The molecule has 0 unspecified atom stereocenters. The van der Waals surface area contributed by atoms with Gasteiger partial charge in [0.1, 0.15) is 6.54 Å². The average molecular weight is 285 g/mol. The molecule has 19 heavy (non-hydrogen) atoms. The van der Waals surface area contributed by atoms with E-state index in [9.17, 15) is 13.2 Å². The Kier molecular flexibility index (Phi) is 4.90. The molecule has 1 aromatic carbocycles. The maximum absolute atomic E-state index is 11.9. The van der Waals surface area contributed by atoms with Crippen molar-refractivity contribution in [2.75, 3.05) is 17.1 Å². The van der Waals surface area contributed by atoms with Crippen LogP contribution in [0.15, 0.2) is 24.3 Å². The van der Waals surface area contributed by atoms with Gasteiger partial charge in [-0.2, -0.15) is 0 Å². The summed E-state index contributed by atoms with van der Waals surface area (Å²) < 4.78 is 24.8. The first-order valence-electron chi connectivity index (χ1n) is 5.83. The van der Waals surface area contributed by atoms with Crippen molar-refractivity contribution in [2.24, 2.45) is 5.84 Å². The number of amides is 1. The SMILES string of the molecule is CC(C)c1ccccc1N(CC(=O)NN)S(C)(=O)=O. The second kappa shape index (κ2) is 6.03. The van der Waals surface area contributed by atoms with E-state index in [-0.39, 0.29) is 12.5 Å². The highest BCUT2D eigenvalue weighted by Gasteiger charge is 2.23. The molecule has 1 aromatic rings. The summed E-state index contributed by atoms with van der Waals surface area (Å²) in [7, 11) is -3.56. The highest BCUT2D eigenvalue weighted by molar-refractivity contribution is 7.92. The molecule has 7 heteroatoms. The molecule has 0 spiro atoms. The van der Waals surface area contributed by atoms with Gasteiger partial charge in [-0.05, 0) is 17.5 Å². The third-order valence-corrected chi connectivity index (χ3v) is 3.80. The minimum absolute atomic E-state index is 0.140. The second-order valence-corrected chi connectivity index (χ2v) is 6.46. The van der Waals surface area contributed by atoms with Gasteiger partial charge in [0, 0.05) is 0 Å². The van der Waals surface area contributed by atoms with Gasteiger partial charge in [-0.1, -0.05) is 32.0 Å². The first-order chi connectivity index (χ1) is 8.77. The van der Waals surface area contributed by atoms with Crippen LogP contribution in [0.5, 0.6) is 0 Å². The predicted octanol–water partition coefficient (Wildman–Crippen LogP) is 0.566. The van der Waals surface area contributed by atoms with E-state index in [0.29, 0.717) is 5.69 Å². The van der Waals surface area contributed by atoms with Gasteiger partial charge in [0.2, 0.25) is 10.0 Å². The third kappa shape index (κ3) is 3.93. The van der Waals surface area contributed by atoms with Crippen LogP contribution in [0.4, 0.5) is 5.69 Å². The number of sulfonamides is 1. The fourth-order valence-corrected chi connectivity index (χ4v) is 2.64. The molecule has 0 fully saturated rings. The zero-order chi connectivity index (χ0) is 14.6. The Morgan fingerprint density at radius 3 is 2.42 bits per heavy atom. The van der Waals surface area contributed by atoms with Crippen molar-refractivity contribution in [3.8, 4) is 0 Å². The summed E-state index contributed by atoms with van der Waals surface area (Å²) in [6.45, 7) is 3.59. The van der Waals surface area contributed by atoms with E-state index in [2.05, 4.69) is 0 Å². The highest BCUT2D eigenvalue weighted by atomic mass is 32.2. The van der Waals surface area contributed by atoms with Crippen LogP contribution in [0.2, 0.25) is 0 Å². The summed E-state index contributed by atoms with van der Waals surface area (Å²) >= 11 is 0. The van der Waals surface area contributed by atoms with Crippen molar-refractivity contribution in [1.29, 1.82) is 0 Å². The van der Waals surface area contributed by atoms with Crippen molar-refractivity contribution in [3.63, 3.8) is 0 Å². The van der Waals surface area contributed by atoms with Gasteiger partial charge in [-0.15, -0.1) is 0 Å². The molecule has 1 rings (SSSR count). The Balaban J connectivity index is 3.30. The van der Waals surface area contributed by atoms with Crippen LogP contribution in [-0.2, 0) is 14.8 Å². The number of benzene rings is 1. The van der Waals surface area contributed by atoms with E-state index in [1.54, 1.807) is 12.1 Å². The van der Waals surface area contributed by atoms with Crippen molar-refractivity contribution < 1.29 is 13.2 Å². The predicted molar refractivity (Wildman–Crippen MR) is 75.1 cm³/mol. The van der Waals surface area contributed by atoms with E-state index in [1.165, 1.54) is 0 Å². The van der Waals surface area contributed by atoms with Gasteiger partial charge in [0.15, 0.2) is 0 Å². The van der Waals surface area contributed by atoms with Crippen LogP contribution >= 0.6 is 0 Å². The van der Waals surface area contributed by atoms with Crippen molar-refractivity contribution in [1.82, 2.24) is 5.43 Å². The monoisotopic (exact) mass is 285 g/mol. The van der Waals surface area contributed by atoms with Gasteiger partial charge in [0.25, 0.3) is 5.91 Å². The van der Waals surface area contributed by atoms with E-state index in [1.807, 2.05) is 31.4 Å². The van der Waals surface area contributed by atoms with Crippen molar-refractivity contribution >= 4 is 21.6 Å². The molecule has 0 aliphatic heterocycles. The molecule has 0 aliphatic carbocycles. The summed E-state index contributed by atoms with van der Waals surface area (Å²) in [5.74, 6) is 4.59. The molecule has 0 heterocycles. The van der Waals surface area contributed by atoms with Crippen LogP contribution < -0.4 is 15.6 Å². The zero-order valence-electron chi connectivity index (χ0n) is 11.3. The maximum atomic E-state index is 11.9. The van der Waals surface area contributed by atoms with Gasteiger partial charge in [-0.3, -0.25) is 14.5 Å². The smallest absolute Gasteiger partial charge is 0.254 e. The molecule has 106 valence electrons. The number of nitrogens with zero attached hydrogens (tertiary/aromatic N) is 1. The van der Waals surface area contributed by atoms with E-state index in [0.717, 1.165) is 16.1 Å². The molecule has 0 aromatic heterocycles. The number of anilines is 1. The Labute approximate surface area is 113 Å². The molecule has 1 amide bonds. The number of rotatable bonds is 5. The van der Waals surface area contributed by atoms with Gasteiger partial charge in [0.05, 0.1) is 11.9 Å².